The Balaban J connectivity index is 1.57. The van der Waals surface area contributed by atoms with E-state index in [2.05, 4.69) is 29.2 Å². The number of benzene rings is 3. The highest BCUT2D eigenvalue weighted by molar-refractivity contribution is 8.08. The molecule has 5 nitrogen and oxygen atoms in total. The quantitative estimate of drug-likeness (QED) is 0.332. The first kappa shape index (κ1) is 21.5. The normalized spacial score (nSPS) is 15.6. The molecule has 0 saturated carbocycles. The van der Waals surface area contributed by atoms with Gasteiger partial charge in [0.15, 0.2) is 0 Å². The summed E-state index contributed by atoms with van der Waals surface area (Å²) in [6.07, 6.45) is 1.97. The van der Waals surface area contributed by atoms with Crippen LogP contribution in [0.2, 0.25) is 5.02 Å². The monoisotopic (exact) mass is 506 g/mol. The van der Waals surface area contributed by atoms with Gasteiger partial charge in [-0.15, -0.1) is 11.3 Å². The number of rotatable bonds is 2. The first-order valence-electron chi connectivity index (χ1n) is 10.9. The van der Waals surface area contributed by atoms with E-state index < -0.39 is 0 Å². The molecule has 0 spiro atoms. The molecule has 5 aromatic rings. The molecule has 0 unspecified atom stereocenters. The Kier molecular flexibility index (Phi) is 5.09. The highest BCUT2D eigenvalue weighted by Gasteiger charge is 2.25. The molecule has 0 aliphatic carbocycles. The topological polar surface area (TPSA) is 42.3 Å². The molecule has 170 valence electrons. The lowest BCUT2D eigenvalue weighted by atomic mass is 10.1. The minimum atomic E-state index is 0.0104. The van der Waals surface area contributed by atoms with Crippen molar-refractivity contribution in [2.75, 3.05) is 11.9 Å². The van der Waals surface area contributed by atoms with Crippen LogP contribution in [-0.2, 0) is 13.6 Å². The summed E-state index contributed by atoms with van der Waals surface area (Å²) in [7, 11) is 3.97. The fourth-order valence-corrected chi connectivity index (χ4v) is 7.00. The third kappa shape index (κ3) is 3.22. The van der Waals surface area contributed by atoms with E-state index in [1.807, 2.05) is 66.6 Å². The number of anilines is 1. The van der Waals surface area contributed by atoms with E-state index in [4.69, 9.17) is 16.0 Å². The largest absolute Gasteiger partial charge is 0.397 e. The number of hydrogen-bond donors (Lipinski definition) is 0. The second-order valence-electron chi connectivity index (χ2n) is 8.18. The maximum absolute atomic E-state index is 13.4. The predicted molar refractivity (Wildman–Crippen MR) is 141 cm³/mol. The summed E-state index contributed by atoms with van der Waals surface area (Å²) < 4.78 is 11.8. The number of aryl methyl sites for hydroxylation is 1. The second-order valence-corrected chi connectivity index (χ2v) is 10.7. The molecule has 8 heteroatoms. The number of nitrogens with zero attached hydrogens (tertiary/aromatic N) is 3. The van der Waals surface area contributed by atoms with Crippen LogP contribution in [0.15, 0.2) is 68.7 Å². The van der Waals surface area contributed by atoms with E-state index in [0.717, 1.165) is 46.7 Å². The Hall–Kier alpha value is -3.00. The summed E-state index contributed by atoms with van der Waals surface area (Å²) in [5.41, 5.74) is 2.89. The lowest BCUT2D eigenvalue weighted by molar-refractivity contribution is -0.652. The van der Waals surface area contributed by atoms with Gasteiger partial charge < -0.3 is 9.32 Å². The Morgan fingerprint density at radius 3 is 2.79 bits per heavy atom. The van der Waals surface area contributed by atoms with Crippen LogP contribution in [0.5, 0.6) is 0 Å². The molecule has 0 radical (unpaired) electrons. The van der Waals surface area contributed by atoms with Crippen LogP contribution in [0.25, 0.3) is 33.0 Å². The molecule has 34 heavy (non-hydrogen) atoms. The van der Waals surface area contributed by atoms with Gasteiger partial charge >= 0.3 is 5.89 Å². The van der Waals surface area contributed by atoms with Crippen LogP contribution in [0.3, 0.4) is 0 Å². The van der Waals surface area contributed by atoms with Crippen LogP contribution in [0.1, 0.15) is 12.8 Å². The number of thiazole rings is 1. The Morgan fingerprint density at radius 1 is 1.15 bits per heavy atom. The molecule has 0 atom stereocenters. The van der Waals surface area contributed by atoms with E-state index in [1.165, 1.54) is 11.3 Å². The van der Waals surface area contributed by atoms with Gasteiger partial charge in [0.2, 0.25) is 5.58 Å². The molecule has 3 heterocycles. The van der Waals surface area contributed by atoms with Crippen molar-refractivity contribution in [3.05, 3.63) is 85.1 Å². The fraction of sp³-hybridized carbons (Fsp3) is 0.154. The van der Waals surface area contributed by atoms with Crippen molar-refractivity contribution in [3.63, 3.8) is 0 Å². The summed E-state index contributed by atoms with van der Waals surface area (Å²) in [6.45, 7) is 2.57. The van der Waals surface area contributed by atoms with Crippen LogP contribution in [0, 0.1) is 0 Å². The lowest BCUT2D eigenvalue weighted by Gasteiger charge is -2.12. The highest BCUT2D eigenvalue weighted by Crippen LogP contribution is 2.46. The highest BCUT2D eigenvalue weighted by atomic mass is 35.5. The van der Waals surface area contributed by atoms with E-state index in [9.17, 15) is 4.79 Å². The molecule has 2 aromatic heterocycles. The zero-order chi connectivity index (χ0) is 23.6. The Labute approximate surface area is 208 Å². The van der Waals surface area contributed by atoms with E-state index >= 15 is 0 Å². The zero-order valence-electron chi connectivity index (χ0n) is 18.8. The van der Waals surface area contributed by atoms with Crippen LogP contribution in [0.4, 0.5) is 5.69 Å². The maximum Gasteiger partial charge on any atom is 0.376 e. The number of thioether (sulfide) groups is 1. The van der Waals surface area contributed by atoms with Gasteiger partial charge in [0.1, 0.15) is 21.3 Å². The van der Waals surface area contributed by atoms with E-state index in [-0.39, 0.29) is 5.56 Å². The summed E-state index contributed by atoms with van der Waals surface area (Å²) in [4.78, 5) is 16.6. The van der Waals surface area contributed by atoms with Crippen LogP contribution in [-0.4, -0.2) is 11.6 Å². The molecule has 0 saturated heterocycles. The lowest BCUT2D eigenvalue weighted by Crippen LogP contribution is -2.34. The van der Waals surface area contributed by atoms with Crippen LogP contribution < -0.4 is 24.2 Å². The van der Waals surface area contributed by atoms with Gasteiger partial charge in [0.05, 0.1) is 11.8 Å². The fourth-order valence-electron chi connectivity index (χ4n) is 4.41. The average molecular weight is 507 g/mol. The van der Waals surface area contributed by atoms with Crippen molar-refractivity contribution >= 4 is 73.4 Å². The van der Waals surface area contributed by atoms with Crippen LogP contribution >= 0.6 is 34.7 Å². The van der Waals surface area contributed by atoms with Gasteiger partial charge in [-0.25, -0.2) is 0 Å². The molecular formula is C26H21ClN3O2S2+. The van der Waals surface area contributed by atoms with Gasteiger partial charge in [-0.3, -0.25) is 9.36 Å². The van der Waals surface area contributed by atoms with Gasteiger partial charge in [-0.1, -0.05) is 47.6 Å². The molecule has 1 aliphatic rings. The number of halogens is 1. The predicted octanol–water partition coefficient (Wildman–Crippen LogP) is 4.44. The first-order chi connectivity index (χ1) is 16.5. The van der Waals surface area contributed by atoms with Crippen molar-refractivity contribution in [1.82, 2.24) is 4.57 Å². The summed E-state index contributed by atoms with van der Waals surface area (Å²) in [5.74, 6) is 0.703. The number of aromatic nitrogens is 2. The van der Waals surface area contributed by atoms with Crippen molar-refractivity contribution in [3.8, 4) is 0 Å². The zero-order valence-corrected chi connectivity index (χ0v) is 21.2. The number of hydrogen-bond acceptors (Lipinski definition) is 5. The summed E-state index contributed by atoms with van der Waals surface area (Å²) >= 11 is 9.31. The second kappa shape index (κ2) is 8.05. The molecule has 0 fully saturated rings. The molecule has 1 aliphatic heterocycles. The van der Waals surface area contributed by atoms with Gasteiger partial charge in [0.25, 0.3) is 11.1 Å². The van der Waals surface area contributed by atoms with Gasteiger partial charge in [0, 0.05) is 35.0 Å². The Bertz CT molecular complexity index is 1800. The van der Waals surface area contributed by atoms with E-state index in [1.54, 1.807) is 11.8 Å². The molecule has 0 N–H and O–H groups in total. The summed E-state index contributed by atoms with van der Waals surface area (Å²) in [5, 5.41) is 3.82. The third-order valence-corrected chi connectivity index (χ3v) is 8.94. The minimum Gasteiger partial charge on any atom is -0.397 e. The van der Waals surface area contributed by atoms with Crippen molar-refractivity contribution < 1.29 is 8.98 Å². The third-order valence-electron chi connectivity index (χ3n) is 6.22. The van der Waals surface area contributed by atoms with E-state index in [0.29, 0.717) is 17.5 Å². The van der Waals surface area contributed by atoms with Crippen molar-refractivity contribution in [2.45, 2.75) is 18.4 Å². The molecule has 6 rings (SSSR count). The average Bonchev–Trinajstić information content (AvgIpc) is 3.45. The first-order valence-corrected chi connectivity index (χ1v) is 12.9. The smallest absolute Gasteiger partial charge is 0.376 e. The standard InChI is InChI=1S/C26H21ClN3O2S2/c1-4-30-22(14-21-28(2)18-11-9-15-7-5-6-8-17(15)23(18)32-21)34-24(25(30)31)26-29(3)19-13-16(27)10-12-20(19)33-26/h5-14H,4H2,1-3H3/q+1. The van der Waals surface area contributed by atoms with Gasteiger partial charge in [-0.05, 0) is 36.6 Å². The van der Waals surface area contributed by atoms with Crippen molar-refractivity contribution in [1.29, 1.82) is 0 Å². The Morgan fingerprint density at radius 2 is 1.97 bits per heavy atom. The number of oxazole rings is 1. The summed E-state index contributed by atoms with van der Waals surface area (Å²) in [6, 6.07) is 18.2. The molecule has 3 aromatic carbocycles. The molecule has 0 amide bonds. The van der Waals surface area contributed by atoms with Crippen molar-refractivity contribution in [2.24, 2.45) is 7.05 Å². The maximum atomic E-state index is 13.4. The number of fused-ring (bicyclic) bond motifs is 4. The minimum absolute atomic E-state index is 0.0104. The van der Waals surface area contributed by atoms with Gasteiger partial charge in [-0.2, -0.15) is 4.57 Å². The molecular weight excluding hydrogens is 486 g/mol. The SMILES string of the molecule is CCn1c(=Cc2oc3c4ccccc4ccc3[n+]2C)sc(=C2Sc3ccc(Cl)cc3N2C)c1=O. The molecule has 0 bridgehead atoms.